The Hall–Kier alpha value is -4.22. The number of piperidine rings is 1. The lowest BCUT2D eigenvalue weighted by atomic mass is 9.85. The number of rotatable bonds is 14. The number of nitrogens with zero attached hydrogens (tertiary/aromatic N) is 1. The lowest BCUT2D eigenvalue weighted by Crippen LogP contribution is -2.62. The van der Waals surface area contributed by atoms with Crippen molar-refractivity contribution in [2.45, 2.75) is 105 Å². The SMILES string of the molecule is C=CCCCC(NC(=O)[C@@H]1[C@@H]2[C@H](CN1C(=O)[C@@H](NC(=O)NC(C)(C)C)C(C)(C)C)C2(C)C)C(=O)C(=O)NCC(=O)NCc1ccccc1. The molecule has 1 aromatic carbocycles. The van der Waals surface area contributed by atoms with E-state index in [1.165, 1.54) is 4.90 Å². The summed E-state index contributed by atoms with van der Waals surface area (Å²) >= 11 is 0. The van der Waals surface area contributed by atoms with Gasteiger partial charge in [-0.05, 0) is 68.3 Å². The minimum absolute atomic E-state index is 0.0637. The Kier molecular flexibility index (Phi) is 12.2. The average Bonchev–Trinajstić information content (AvgIpc) is 3.31. The highest BCUT2D eigenvalue weighted by Crippen LogP contribution is 2.65. The number of likely N-dealkylation sites (tertiary alicyclic amines) is 1. The van der Waals surface area contributed by atoms with Gasteiger partial charge >= 0.3 is 6.03 Å². The first-order chi connectivity index (χ1) is 22.3. The number of fused-ring (bicyclic) bond motifs is 1. The van der Waals surface area contributed by atoms with Crippen LogP contribution in [0.3, 0.4) is 0 Å². The fourth-order valence-corrected chi connectivity index (χ4v) is 6.39. The molecule has 6 amide bonds. The van der Waals surface area contributed by atoms with Crippen LogP contribution in [0.25, 0.3) is 0 Å². The van der Waals surface area contributed by atoms with Crippen molar-refractivity contribution in [3.05, 3.63) is 48.6 Å². The molecule has 1 saturated carbocycles. The molecule has 12 heteroatoms. The van der Waals surface area contributed by atoms with Gasteiger partial charge in [0.1, 0.15) is 12.1 Å². The molecule has 5 N–H and O–H groups in total. The molecular formula is C36H54N6O6. The summed E-state index contributed by atoms with van der Waals surface area (Å²) in [7, 11) is 0. The second-order valence-electron chi connectivity index (χ2n) is 15.6. The van der Waals surface area contributed by atoms with E-state index in [4.69, 9.17) is 0 Å². The minimum Gasteiger partial charge on any atom is -0.350 e. The number of nitrogens with one attached hydrogen (secondary N) is 5. The Morgan fingerprint density at radius 1 is 0.979 bits per heavy atom. The number of hydrogen-bond donors (Lipinski definition) is 5. The van der Waals surface area contributed by atoms with Gasteiger partial charge in [-0.2, -0.15) is 0 Å². The first-order valence-corrected chi connectivity index (χ1v) is 16.7. The van der Waals surface area contributed by atoms with Crippen LogP contribution in [0.15, 0.2) is 43.0 Å². The van der Waals surface area contributed by atoms with Gasteiger partial charge < -0.3 is 31.5 Å². The second kappa shape index (κ2) is 15.3. The second-order valence-corrected chi connectivity index (χ2v) is 15.6. The number of carbonyl (C=O) groups excluding carboxylic acids is 6. The molecule has 5 atom stereocenters. The first kappa shape index (κ1) is 38.2. The van der Waals surface area contributed by atoms with Crippen molar-refractivity contribution in [2.75, 3.05) is 13.1 Å². The average molecular weight is 667 g/mol. The molecule has 1 aliphatic heterocycles. The molecule has 0 radical (unpaired) electrons. The van der Waals surface area contributed by atoms with Crippen molar-refractivity contribution in [1.29, 1.82) is 0 Å². The number of hydrogen-bond acceptors (Lipinski definition) is 6. The Morgan fingerprint density at radius 2 is 1.62 bits per heavy atom. The number of allylic oxidation sites excluding steroid dienone is 1. The highest BCUT2D eigenvalue weighted by Gasteiger charge is 2.70. The van der Waals surface area contributed by atoms with Gasteiger partial charge in [0.05, 0.1) is 12.6 Å². The third kappa shape index (κ3) is 9.90. The molecule has 1 saturated heterocycles. The van der Waals surface area contributed by atoms with E-state index in [1.54, 1.807) is 6.08 Å². The maximum Gasteiger partial charge on any atom is 0.315 e. The van der Waals surface area contributed by atoms with Crippen molar-refractivity contribution in [3.63, 3.8) is 0 Å². The number of benzene rings is 1. The van der Waals surface area contributed by atoms with Gasteiger partial charge in [-0.3, -0.25) is 24.0 Å². The van der Waals surface area contributed by atoms with Crippen LogP contribution in [0.2, 0.25) is 0 Å². The summed E-state index contributed by atoms with van der Waals surface area (Å²) in [5.41, 5.74) is -0.524. The summed E-state index contributed by atoms with van der Waals surface area (Å²) in [5, 5.41) is 13.5. The van der Waals surface area contributed by atoms with Crippen molar-refractivity contribution in [3.8, 4) is 0 Å². The number of urea groups is 1. The quantitative estimate of drug-likeness (QED) is 0.116. The lowest BCUT2D eigenvalue weighted by Gasteiger charge is -2.38. The van der Waals surface area contributed by atoms with Crippen LogP contribution >= 0.6 is 0 Å². The molecule has 0 aromatic heterocycles. The number of Topliss-reactive ketones (excluding diaryl/α,β-unsaturated/α-hetero) is 1. The zero-order valence-electron chi connectivity index (χ0n) is 29.7. The van der Waals surface area contributed by atoms with E-state index in [0.29, 0.717) is 19.4 Å². The van der Waals surface area contributed by atoms with Crippen LogP contribution in [-0.4, -0.2) is 77.1 Å². The van der Waals surface area contributed by atoms with E-state index in [-0.39, 0.29) is 36.1 Å². The Morgan fingerprint density at radius 3 is 2.21 bits per heavy atom. The molecule has 48 heavy (non-hydrogen) atoms. The summed E-state index contributed by atoms with van der Waals surface area (Å²) in [6.45, 7) is 19.0. The van der Waals surface area contributed by atoms with Gasteiger partial charge in [0.2, 0.25) is 23.5 Å². The summed E-state index contributed by atoms with van der Waals surface area (Å²) in [6.07, 6.45) is 2.89. The number of carbonyl (C=O) groups is 6. The van der Waals surface area contributed by atoms with Crippen molar-refractivity contribution < 1.29 is 28.8 Å². The molecule has 1 aliphatic carbocycles. The Labute approximate surface area is 284 Å². The Bertz CT molecular complexity index is 1380. The predicted molar refractivity (Wildman–Crippen MR) is 183 cm³/mol. The van der Waals surface area contributed by atoms with Gasteiger partial charge in [0, 0.05) is 18.6 Å². The zero-order chi connectivity index (χ0) is 36.0. The molecule has 0 bridgehead atoms. The minimum atomic E-state index is -1.17. The van der Waals surface area contributed by atoms with Gasteiger partial charge in [-0.25, -0.2) is 4.79 Å². The van der Waals surface area contributed by atoms with E-state index in [0.717, 1.165) is 5.56 Å². The molecule has 264 valence electrons. The largest absolute Gasteiger partial charge is 0.350 e. The molecule has 2 aliphatic rings. The zero-order valence-corrected chi connectivity index (χ0v) is 29.7. The molecule has 1 unspecified atom stereocenters. The summed E-state index contributed by atoms with van der Waals surface area (Å²) in [4.78, 5) is 81.2. The van der Waals surface area contributed by atoms with Gasteiger partial charge in [-0.15, -0.1) is 6.58 Å². The summed E-state index contributed by atoms with van der Waals surface area (Å²) in [6, 6.07) is 5.78. The number of unbranched alkanes of at least 4 members (excludes halogenated alkanes) is 1. The van der Waals surface area contributed by atoms with E-state index < -0.39 is 65.2 Å². The Balaban J connectivity index is 1.74. The van der Waals surface area contributed by atoms with Gasteiger partial charge in [-0.1, -0.05) is 71.0 Å². The summed E-state index contributed by atoms with van der Waals surface area (Å²) in [5.74, 6) is -3.33. The van der Waals surface area contributed by atoms with Crippen molar-refractivity contribution in [1.82, 2.24) is 31.5 Å². The van der Waals surface area contributed by atoms with Crippen LogP contribution in [0.1, 0.15) is 80.2 Å². The highest BCUT2D eigenvalue weighted by molar-refractivity contribution is 6.38. The van der Waals surface area contributed by atoms with Crippen LogP contribution < -0.4 is 26.6 Å². The third-order valence-corrected chi connectivity index (χ3v) is 9.14. The molecule has 12 nitrogen and oxygen atoms in total. The maximum atomic E-state index is 14.1. The standard InChI is InChI=1S/C36H54N6O6/c1-10-11-13-18-24(28(44)31(46)38-20-25(43)37-19-22-16-14-12-15-17-22)39-30(45)27-26-23(36(26,8)9)21-42(27)32(47)29(34(2,3)4)40-33(48)41-35(5,6)7/h10,12,14-17,23-24,26-27,29H,1,11,13,18-21H2,2-9H3,(H,37,43)(H,38,46)(H,39,45)(H2,40,41,48)/t23-,24?,26-,27-,29+/m0/s1. The number of amides is 6. The fraction of sp³-hybridized carbons (Fsp3) is 0.611. The molecule has 0 spiro atoms. The van der Waals surface area contributed by atoms with E-state index >= 15 is 0 Å². The van der Waals surface area contributed by atoms with E-state index in [1.807, 2.05) is 85.7 Å². The van der Waals surface area contributed by atoms with E-state index in [9.17, 15) is 28.8 Å². The highest BCUT2D eigenvalue weighted by atomic mass is 16.2. The molecular weight excluding hydrogens is 612 g/mol. The molecule has 1 heterocycles. The maximum absolute atomic E-state index is 14.1. The van der Waals surface area contributed by atoms with Crippen LogP contribution in [0, 0.1) is 22.7 Å². The number of ketones is 1. The lowest BCUT2D eigenvalue weighted by molar-refractivity contribution is -0.145. The predicted octanol–water partition coefficient (Wildman–Crippen LogP) is 2.82. The van der Waals surface area contributed by atoms with E-state index in [2.05, 4.69) is 33.2 Å². The van der Waals surface area contributed by atoms with Crippen LogP contribution in [0.4, 0.5) is 4.79 Å². The van der Waals surface area contributed by atoms with Crippen molar-refractivity contribution in [2.24, 2.45) is 22.7 Å². The van der Waals surface area contributed by atoms with Gasteiger partial charge in [0.25, 0.3) is 5.91 Å². The normalized spacial score (nSPS) is 20.8. The molecule has 2 fully saturated rings. The summed E-state index contributed by atoms with van der Waals surface area (Å²) < 4.78 is 0. The monoisotopic (exact) mass is 666 g/mol. The fourth-order valence-electron chi connectivity index (χ4n) is 6.39. The topological polar surface area (TPSA) is 166 Å². The molecule has 3 rings (SSSR count). The van der Waals surface area contributed by atoms with Crippen LogP contribution in [-0.2, 0) is 30.5 Å². The molecule has 1 aromatic rings. The smallest absolute Gasteiger partial charge is 0.315 e. The van der Waals surface area contributed by atoms with Gasteiger partial charge in [0.15, 0.2) is 0 Å². The third-order valence-electron chi connectivity index (χ3n) is 9.14. The first-order valence-electron chi connectivity index (χ1n) is 16.7. The van der Waals surface area contributed by atoms with Crippen LogP contribution in [0.5, 0.6) is 0 Å². The van der Waals surface area contributed by atoms with Crippen molar-refractivity contribution >= 4 is 35.4 Å².